The summed E-state index contributed by atoms with van der Waals surface area (Å²) in [6.07, 6.45) is 6.42. The van der Waals surface area contributed by atoms with Gasteiger partial charge in [0.2, 0.25) is 0 Å². The molecule has 0 N–H and O–H groups in total. The van der Waals surface area contributed by atoms with Gasteiger partial charge in [0.15, 0.2) is 0 Å². The first kappa shape index (κ1) is 21.4. The Bertz CT molecular complexity index is 1410. The molecule has 0 fully saturated rings. The molecular weight excluding hydrogens is 432 g/mol. The predicted molar refractivity (Wildman–Crippen MR) is 154 cm³/mol. The van der Waals surface area contributed by atoms with Gasteiger partial charge in [-0.15, -0.1) is 0 Å². The molecule has 1 aliphatic rings. The van der Waals surface area contributed by atoms with Crippen molar-refractivity contribution in [1.82, 2.24) is 0 Å². The molecule has 7 rings (SSSR count). The third-order valence-electron chi connectivity index (χ3n) is 8.01. The number of hydrogen-bond acceptors (Lipinski definition) is 0. The molecule has 0 atom stereocenters. The van der Waals surface area contributed by atoms with Crippen LogP contribution >= 0.6 is 0 Å². The summed E-state index contributed by atoms with van der Waals surface area (Å²) in [6.45, 7) is 0. The lowest BCUT2D eigenvalue weighted by Crippen LogP contribution is -1.94. The van der Waals surface area contributed by atoms with E-state index in [0.29, 0.717) is 0 Å². The molecule has 0 radical (unpaired) electrons. The first-order chi connectivity index (χ1) is 17.7. The van der Waals surface area contributed by atoms with Crippen LogP contribution in [0.5, 0.6) is 0 Å². The second-order valence-electron chi connectivity index (χ2n) is 10.5. The predicted octanol–water partition coefficient (Wildman–Crippen LogP) is 8.82. The molecule has 0 unspecified atom stereocenters. The molecule has 0 heterocycles. The zero-order chi connectivity index (χ0) is 23.9. The number of aryl methyl sites for hydroxylation is 6. The molecule has 0 heteroatoms. The zero-order valence-corrected chi connectivity index (χ0v) is 20.6. The summed E-state index contributed by atoms with van der Waals surface area (Å²) in [7, 11) is 0. The van der Waals surface area contributed by atoms with E-state index in [0.717, 1.165) is 38.5 Å². The summed E-state index contributed by atoms with van der Waals surface area (Å²) in [5, 5.41) is 8.08. The Morgan fingerprint density at radius 3 is 0.611 bits per heavy atom. The number of rotatable bonds is 0. The molecule has 36 heavy (non-hydrogen) atoms. The Labute approximate surface area is 213 Å². The maximum absolute atomic E-state index is 2.40. The van der Waals surface area contributed by atoms with E-state index < -0.39 is 0 Å². The second-order valence-corrected chi connectivity index (χ2v) is 10.5. The van der Waals surface area contributed by atoms with Crippen molar-refractivity contribution >= 4 is 32.3 Å². The highest BCUT2D eigenvalue weighted by atomic mass is 14.1. The highest BCUT2D eigenvalue weighted by Crippen LogP contribution is 2.25. The van der Waals surface area contributed by atoms with Crippen molar-refractivity contribution in [2.24, 2.45) is 0 Å². The quantitative estimate of drug-likeness (QED) is 0.211. The van der Waals surface area contributed by atoms with Crippen molar-refractivity contribution in [3.05, 3.63) is 143 Å². The van der Waals surface area contributed by atoms with Gasteiger partial charge in [0.25, 0.3) is 0 Å². The Kier molecular flexibility index (Phi) is 5.32. The van der Waals surface area contributed by atoms with Crippen molar-refractivity contribution in [2.75, 3.05) is 0 Å². The monoisotopic (exact) mass is 462 g/mol. The fourth-order valence-electron chi connectivity index (χ4n) is 5.84. The molecule has 0 nitrogen and oxygen atoms in total. The molecular formula is C36H30. The summed E-state index contributed by atoms with van der Waals surface area (Å²) < 4.78 is 0. The van der Waals surface area contributed by atoms with Gasteiger partial charge in [-0.05, 0) is 104 Å². The minimum absolute atomic E-state index is 1.07. The Morgan fingerprint density at radius 2 is 0.417 bits per heavy atom. The van der Waals surface area contributed by atoms with Gasteiger partial charge in [0.05, 0.1) is 0 Å². The third-order valence-corrected chi connectivity index (χ3v) is 8.01. The Hall–Kier alpha value is -3.90. The lowest BCUT2D eigenvalue weighted by molar-refractivity contribution is 0.960. The van der Waals surface area contributed by atoms with Gasteiger partial charge in [-0.25, -0.2) is 0 Å². The van der Waals surface area contributed by atoms with Crippen LogP contribution in [0.25, 0.3) is 32.3 Å². The number of fused-ring (bicyclic) bond motifs is 6. The van der Waals surface area contributed by atoms with Crippen LogP contribution in [-0.2, 0) is 38.5 Å². The van der Waals surface area contributed by atoms with Crippen molar-refractivity contribution in [3.8, 4) is 0 Å². The van der Waals surface area contributed by atoms with Crippen LogP contribution in [0.1, 0.15) is 33.4 Å². The topological polar surface area (TPSA) is 0 Å². The van der Waals surface area contributed by atoms with Gasteiger partial charge in [0.1, 0.15) is 0 Å². The van der Waals surface area contributed by atoms with Crippen LogP contribution in [0.4, 0.5) is 0 Å². The molecule has 6 aromatic carbocycles. The average molecular weight is 463 g/mol. The fraction of sp³-hybridized carbons (Fsp3) is 0.167. The number of hydrogen-bond donors (Lipinski definition) is 0. The van der Waals surface area contributed by atoms with Crippen LogP contribution in [0.3, 0.4) is 0 Å². The third kappa shape index (κ3) is 4.29. The second kappa shape index (κ2) is 8.95. The van der Waals surface area contributed by atoms with E-state index in [9.17, 15) is 0 Å². The van der Waals surface area contributed by atoms with E-state index in [1.54, 1.807) is 0 Å². The fourth-order valence-corrected chi connectivity index (χ4v) is 5.84. The molecule has 0 aliphatic heterocycles. The normalized spacial score (nSPS) is 14.0. The van der Waals surface area contributed by atoms with Gasteiger partial charge in [-0.3, -0.25) is 0 Å². The van der Waals surface area contributed by atoms with E-state index in [1.807, 2.05) is 0 Å². The van der Waals surface area contributed by atoms with Crippen LogP contribution in [-0.4, -0.2) is 0 Å². The molecule has 0 saturated carbocycles. The smallest absolute Gasteiger partial charge is 0.0179 e. The van der Waals surface area contributed by atoms with Crippen LogP contribution in [0, 0.1) is 0 Å². The van der Waals surface area contributed by atoms with Gasteiger partial charge < -0.3 is 0 Å². The molecule has 9 bridgehead atoms. The molecule has 0 spiro atoms. The maximum atomic E-state index is 2.40. The summed E-state index contributed by atoms with van der Waals surface area (Å²) in [5.41, 5.74) is 8.52. The largest absolute Gasteiger partial charge is 0.0584 e. The van der Waals surface area contributed by atoms with Crippen molar-refractivity contribution < 1.29 is 0 Å². The van der Waals surface area contributed by atoms with Crippen molar-refractivity contribution in [2.45, 2.75) is 38.5 Å². The molecule has 0 saturated heterocycles. The van der Waals surface area contributed by atoms with Crippen LogP contribution < -0.4 is 0 Å². The lowest BCUT2D eigenvalue weighted by Gasteiger charge is -2.08. The standard InChI is InChI=1S/C36H30/c1-2-26-8-14-32-16-10-28(22-35(32)20-26)5-6-30-12-18-33-17-11-29(23-36(33)24-30)4-3-27-9-15-31-13-7-25(1)19-34(31)21-27/h7-24H,1-6H2. The van der Waals surface area contributed by atoms with Crippen LogP contribution in [0.15, 0.2) is 109 Å². The van der Waals surface area contributed by atoms with Crippen molar-refractivity contribution in [3.63, 3.8) is 0 Å². The summed E-state index contributed by atoms with van der Waals surface area (Å²) >= 11 is 0. The molecule has 6 aromatic rings. The highest BCUT2D eigenvalue weighted by molar-refractivity contribution is 5.85. The van der Waals surface area contributed by atoms with E-state index >= 15 is 0 Å². The first-order valence-electron chi connectivity index (χ1n) is 13.3. The molecule has 0 amide bonds. The highest BCUT2D eigenvalue weighted by Gasteiger charge is 2.06. The molecule has 0 aromatic heterocycles. The van der Waals surface area contributed by atoms with Gasteiger partial charge in [0, 0.05) is 0 Å². The van der Waals surface area contributed by atoms with Crippen LogP contribution in [0.2, 0.25) is 0 Å². The van der Waals surface area contributed by atoms with E-state index in [4.69, 9.17) is 0 Å². The summed E-state index contributed by atoms with van der Waals surface area (Å²) in [5.74, 6) is 0. The lowest BCUT2D eigenvalue weighted by atomic mass is 9.96. The van der Waals surface area contributed by atoms with Gasteiger partial charge >= 0.3 is 0 Å². The minimum atomic E-state index is 1.07. The van der Waals surface area contributed by atoms with E-state index in [1.165, 1.54) is 65.7 Å². The van der Waals surface area contributed by atoms with Crippen molar-refractivity contribution in [1.29, 1.82) is 0 Å². The van der Waals surface area contributed by atoms with Gasteiger partial charge in [-0.1, -0.05) is 109 Å². The molecule has 1 aliphatic carbocycles. The van der Waals surface area contributed by atoms with E-state index in [2.05, 4.69) is 109 Å². The Balaban J connectivity index is 1.31. The summed E-state index contributed by atoms with van der Waals surface area (Å²) in [6, 6.07) is 42.0. The maximum Gasteiger partial charge on any atom is -0.0179 e. The zero-order valence-electron chi connectivity index (χ0n) is 20.6. The van der Waals surface area contributed by atoms with Gasteiger partial charge in [-0.2, -0.15) is 0 Å². The minimum Gasteiger partial charge on any atom is -0.0584 e. The SMILES string of the molecule is c1cc2ccc3cc2cc1CCc1ccc2ccc(cc2c1)CCc1ccc2ccc(cc2c1)CC3. The average Bonchev–Trinajstić information content (AvgIpc) is 2.92. The summed E-state index contributed by atoms with van der Waals surface area (Å²) in [4.78, 5) is 0. The number of benzene rings is 6. The first-order valence-corrected chi connectivity index (χ1v) is 13.3. The Morgan fingerprint density at radius 1 is 0.222 bits per heavy atom. The van der Waals surface area contributed by atoms with E-state index in [-0.39, 0.29) is 0 Å². The molecule has 174 valence electrons.